The van der Waals surface area contributed by atoms with Gasteiger partial charge in [0.2, 0.25) is 0 Å². The summed E-state index contributed by atoms with van der Waals surface area (Å²) in [6.45, 7) is 4.37. The van der Waals surface area contributed by atoms with Gasteiger partial charge < -0.3 is 19.4 Å². The number of carbonyl (C=O) groups excluding carboxylic acids is 2. The largest absolute Gasteiger partial charge is 0.433 e. The third kappa shape index (κ3) is 3.99. The summed E-state index contributed by atoms with van der Waals surface area (Å²) in [5.41, 5.74) is 2.87. The van der Waals surface area contributed by atoms with Crippen LogP contribution in [0.3, 0.4) is 0 Å². The Hall–Kier alpha value is -2.54. The van der Waals surface area contributed by atoms with Crippen molar-refractivity contribution in [3.8, 4) is 0 Å². The Bertz CT molecular complexity index is 758. The molecule has 0 N–H and O–H groups in total. The van der Waals surface area contributed by atoms with E-state index in [-0.39, 0.29) is 12.0 Å². The van der Waals surface area contributed by atoms with E-state index in [2.05, 4.69) is 9.80 Å². The minimum atomic E-state index is -0.325. The zero-order valence-electron chi connectivity index (χ0n) is 16.5. The van der Waals surface area contributed by atoms with Crippen molar-refractivity contribution >= 4 is 12.0 Å². The van der Waals surface area contributed by atoms with Gasteiger partial charge in [-0.2, -0.15) is 0 Å². The Labute approximate surface area is 166 Å². The standard InChI is InChI=1S/C21H28N4O3/c1-22-15-25(13-17-7-3-2-4-8-17)20(26)18-14-24(12-9-19(18)22)21(27)28-16-23-10-5-6-11-23/h2-4,7-8H,5-6,9-16H2,1H3. The van der Waals surface area contributed by atoms with Gasteiger partial charge in [0.1, 0.15) is 6.73 Å². The van der Waals surface area contributed by atoms with Gasteiger partial charge in [0.25, 0.3) is 5.91 Å². The molecule has 3 heterocycles. The highest BCUT2D eigenvalue weighted by molar-refractivity contribution is 5.96. The minimum absolute atomic E-state index is 0.0222. The summed E-state index contributed by atoms with van der Waals surface area (Å²) in [5.74, 6) is 0.0222. The number of benzene rings is 1. The Morgan fingerprint density at radius 3 is 2.61 bits per heavy atom. The van der Waals surface area contributed by atoms with E-state index in [4.69, 9.17) is 4.74 Å². The van der Waals surface area contributed by atoms with Gasteiger partial charge >= 0.3 is 6.09 Å². The molecule has 28 heavy (non-hydrogen) atoms. The second-order valence-electron chi connectivity index (χ2n) is 7.79. The molecule has 7 heteroatoms. The lowest BCUT2D eigenvalue weighted by molar-refractivity contribution is -0.131. The number of hydrogen-bond donors (Lipinski definition) is 0. The molecule has 0 aromatic heterocycles. The average Bonchev–Trinajstić information content (AvgIpc) is 3.24. The molecule has 2 amide bonds. The molecule has 0 spiro atoms. The molecule has 0 unspecified atom stereocenters. The molecule has 0 radical (unpaired) electrons. The fourth-order valence-electron chi connectivity index (χ4n) is 4.19. The predicted molar refractivity (Wildman–Crippen MR) is 105 cm³/mol. The number of ether oxygens (including phenoxy) is 1. The minimum Gasteiger partial charge on any atom is -0.433 e. The molecule has 7 nitrogen and oxygen atoms in total. The van der Waals surface area contributed by atoms with Crippen molar-refractivity contribution in [3.05, 3.63) is 47.2 Å². The smallest absolute Gasteiger partial charge is 0.411 e. The van der Waals surface area contributed by atoms with E-state index in [0.717, 1.165) is 37.2 Å². The number of hydrogen-bond acceptors (Lipinski definition) is 5. The van der Waals surface area contributed by atoms with Crippen LogP contribution >= 0.6 is 0 Å². The summed E-state index contributed by atoms with van der Waals surface area (Å²) in [5, 5.41) is 0. The normalized spacial score (nSPS) is 20.6. The van der Waals surface area contributed by atoms with Crippen LogP contribution in [0.5, 0.6) is 0 Å². The van der Waals surface area contributed by atoms with Gasteiger partial charge in [0, 0.05) is 45.3 Å². The highest BCUT2D eigenvalue weighted by Crippen LogP contribution is 2.28. The lowest BCUT2D eigenvalue weighted by Crippen LogP contribution is -2.51. The van der Waals surface area contributed by atoms with Crippen molar-refractivity contribution in [1.29, 1.82) is 0 Å². The van der Waals surface area contributed by atoms with Crippen LogP contribution in [0.1, 0.15) is 24.8 Å². The predicted octanol–water partition coefficient (Wildman–Crippen LogP) is 2.07. The van der Waals surface area contributed by atoms with E-state index in [9.17, 15) is 9.59 Å². The molecule has 1 saturated heterocycles. The first-order valence-electron chi connectivity index (χ1n) is 10.0. The van der Waals surface area contributed by atoms with Crippen LogP contribution in [0.25, 0.3) is 0 Å². The number of amides is 2. The van der Waals surface area contributed by atoms with Gasteiger partial charge in [-0.05, 0) is 18.4 Å². The molecule has 4 rings (SSSR count). The zero-order valence-corrected chi connectivity index (χ0v) is 16.5. The van der Waals surface area contributed by atoms with Crippen molar-refractivity contribution in [2.75, 3.05) is 46.6 Å². The molecule has 3 aliphatic heterocycles. The first-order chi connectivity index (χ1) is 13.6. The Morgan fingerprint density at radius 1 is 1.11 bits per heavy atom. The van der Waals surface area contributed by atoms with Crippen molar-refractivity contribution in [1.82, 2.24) is 19.6 Å². The van der Waals surface area contributed by atoms with Gasteiger partial charge in [0.15, 0.2) is 0 Å². The Balaban J connectivity index is 1.40. The van der Waals surface area contributed by atoms with Crippen LogP contribution in [0.15, 0.2) is 41.6 Å². The maximum absolute atomic E-state index is 13.1. The summed E-state index contributed by atoms with van der Waals surface area (Å²) >= 11 is 0. The van der Waals surface area contributed by atoms with Gasteiger partial charge in [-0.15, -0.1) is 0 Å². The van der Waals surface area contributed by atoms with Gasteiger partial charge in [-0.3, -0.25) is 9.69 Å². The quantitative estimate of drug-likeness (QED) is 0.796. The highest BCUT2D eigenvalue weighted by atomic mass is 16.6. The van der Waals surface area contributed by atoms with Crippen LogP contribution in [0.4, 0.5) is 4.79 Å². The number of likely N-dealkylation sites (tertiary alicyclic amines) is 1. The third-order valence-electron chi connectivity index (χ3n) is 5.75. The van der Waals surface area contributed by atoms with Crippen LogP contribution < -0.4 is 0 Å². The van der Waals surface area contributed by atoms with E-state index in [0.29, 0.717) is 45.0 Å². The van der Waals surface area contributed by atoms with E-state index < -0.39 is 0 Å². The monoisotopic (exact) mass is 384 g/mol. The van der Waals surface area contributed by atoms with Crippen molar-refractivity contribution < 1.29 is 14.3 Å². The molecule has 1 fully saturated rings. The van der Waals surface area contributed by atoms with Crippen LogP contribution in [-0.4, -0.2) is 78.2 Å². The Morgan fingerprint density at radius 2 is 1.86 bits per heavy atom. The number of carbonyl (C=O) groups is 2. The van der Waals surface area contributed by atoms with Crippen LogP contribution in [-0.2, 0) is 16.1 Å². The summed E-state index contributed by atoms with van der Waals surface area (Å²) < 4.78 is 5.48. The molecule has 0 saturated carbocycles. The van der Waals surface area contributed by atoms with Crippen molar-refractivity contribution in [2.45, 2.75) is 25.8 Å². The second-order valence-corrected chi connectivity index (χ2v) is 7.79. The van der Waals surface area contributed by atoms with Gasteiger partial charge in [-0.25, -0.2) is 4.79 Å². The molecular weight excluding hydrogens is 356 g/mol. The summed E-state index contributed by atoms with van der Waals surface area (Å²) in [7, 11) is 2.02. The summed E-state index contributed by atoms with van der Waals surface area (Å²) in [6.07, 6.45) is 2.69. The molecule has 3 aliphatic rings. The number of nitrogens with zero attached hydrogens (tertiary/aromatic N) is 4. The molecule has 1 aromatic rings. The fourth-order valence-corrected chi connectivity index (χ4v) is 4.19. The molecule has 0 aliphatic carbocycles. The maximum Gasteiger partial charge on any atom is 0.411 e. The van der Waals surface area contributed by atoms with Crippen LogP contribution in [0, 0.1) is 0 Å². The van der Waals surface area contributed by atoms with Crippen molar-refractivity contribution in [2.24, 2.45) is 0 Å². The lowest BCUT2D eigenvalue weighted by Gasteiger charge is -2.42. The topological polar surface area (TPSA) is 56.3 Å². The molecule has 150 valence electrons. The van der Waals surface area contributed by atoms with Crippen molar-refractivity contribution in [3.63, 3.8) is 0 Å². The van der Waals surface area contributed by atoms with E-state index in [1.54, 1.807) is 4.90 Å². The molecule has 1 aromatic carbocycles. The maximum atomic E-state index is 13.1. The molecule has 0 bridgehead atoms. The highest BCUT2D eigenvalue weighted by Gasteiger charge is 2.35. The second kappa shape index (κ2) is 8.22. The van der Waals surface area contributed by atoms with Gasteiger partial charge in [-0.1, -0.05) is 30.3 Å². The summed E-state index contributed by atoms with van der Waals surface area (Å²) in [6, 6.07) is 10.00. The molecular formula is C21H28N4O3. The number of rotatable bonds is 4. The fraction of sp³-hybridized carbons (Fsp3) is 0.524. The third-order valence-corrected chi connectivity index (χ3v) is 5.75. The zero-order chi connectivity index (χ0) is 19.5. The van der Waals surface area contributed by atoms with E-state index in [1.807, 2.05) is 42.3 Å². The van der Waals surface area contributed by atoms with Gasteiger partial charge in [0.05, 0.1) is 18.8 Å². The SMILES string of the molecule is CN1CN(Cc2ccccc2)C(=O)C2=C1CCN(C(=O)OCN1CCCC1)C2. The first kappa shape index (κ1) is 18.8. The molecule has 0 atom stereocenters. The van der Waals surface area contributed by atoms with E-state index >= 15 is 0 Å². The lowest BCUT2D eigenvalue weighted by atomic mass is 10.0. The van der Waals surface area contributed by atoms with Crippen LogP contribution in [0.2, 0.25) is 0 Å². The summed E-state index contributed by atoms with van der Waals surface area (Å²) in [4.78, 5) is 33.4. The average molecular weight is 384 g/mol. The Kier molecular flexibility index (Phi) is 5.52. The first-order valence-corrected chi connectivity index (χ1v) is 10.0. The van der Waals surface area contributed by atoms with E-state index in [1.165, 1.54) is 0 Å².